The molecule has 2 heteroatoms. The largest absolute Gasteiger partial charge is 0.506 e. The molecule has 1 heterocycles. The van der Waals surface area contributed by atoms with E-state index in [-0.39, 0.29) is 13.2 Å². The van der Waals surface area contributed by atoms with Gasteiger partial charge in [0.2, 0.25) is 0 Å². The fourth-order valence-corrected chi connectivity index (χ4v) is 1.09. The molecule has 0 aliphatic heterocycles. The first-order valence-electron chi connectivity index (χ1n) is 5.82. The number of fused-ring (bicyclic) bond motifs is 1. The van der Waals surface area contributed by atoms with E-state index < -0.39 is 0 Å². The van der Waals surface area contributed by atoms with Crippen LogP contribution in [0, 0.1) is 0 Å². The highest BCUT2D eigenvalue weighted by molar-refractivity contribution is 5.83. The summed E-state index contributed by atoms with van der Waals surface area (Å²) in [6.07, 6.45) is 2.92. The summed E-state index contributed by atoms with van der Waals surface area (Å²) >= 11 is 0. The molecule has 0 atom stereocenters. The van der Waals surface area contributed by atoms with Gasteiger partial charge in [-0.05, 0) is 12.1 Å². The van der Waals surface area contributed by atoms with Crippen molar-refractivity contribution >= 4 is 10.9 Å². The number of phenols is 1. The lowest BCUT2D eigenvalue weighted by Gasteiger charge is -1.96. The highest BCUT2D eigenvalue weighted by Gasteiger charge is 1.96. The van der Waals surface area contributed by atoms with Crippen molar-refractivity contribution in [3.63, 3.8) is 0 Å². The van der Waals surface area contributed by atoms with E-state index in [1.54, 1.807) is 18.3 Å². The Labute approximate surface area is 105 Å². The molecule has 0 bridgehead atoms. The molecule has 96 valence electrons. The lowest BCUT2D eigenvalue weighted by atomic mass is 10.2. The standard InChI is InChI=1S/C9H7NO.C3H8.C2H6.CH4/c11-8-5-1-3-7-4-2-6-10-9(7)8;1-3-2;1-2;/h1-6,11H;3H2,1-2H3;1-2H3;1H4. The highest BCUT2D eigenvalue weighted by atomic mass is 16.3. The minimum Gasteiger partial charge on any atom is -0.506 e. The molecule has 0 radical (unpaired) electrons. The monoisotopic (exact) mass is 235 g/mol. The van der Waals surface area contributed by atoms with E-state index in [9.17, 15) is 5.11 Å². The normalized spacial score (nSPS) is 8.00. The summed E-state index contributed by atoms with van der Waals surface area (Å²) in [4.78, 5) is 4.03. The number of para-hydroxylation sites is 1. The third-order valence-electron chi connectivity index (χ3n) is 1.61. The molecule has 0 aliphatic rings. The van der Waals surface area contributed by atoms with Gasteiger partial charge in [0.25, 0.3) is 0 Å². The van der Waals surface area contributed by atoms with Gasteiger partial charge in [-0.2, -0.15) is 0 Å². The van der Waals surface area contributed by atoms with Gasteiger partial charge in [0, 0.05) is 11.6 Å². The van der Waals surface area contributed by atoms with Crippen LogP contribution in [-0.2, 0) is 0 Å². The van der Waals surface area contributed by atoms with Crippen LogP contribution < -0.4 is 0 Å². The highest BCUT2D eigenvalue weighted by Crippen LogP contribution is 2.20. The van der Waals surface area contributed by atoms with Crippen LogP contribution in [0.25, 0.3) is 10.9 Å². The van der Waals surface area contributed by atoms with Crippen LogP contribution in [-0.4, -0.2) is 10.1 Å². The SMILES string of the molecule is C.CC.CCC.Oc1cccc2cccnc12. The number of phenolic OH excluding ortho intramolecular Hbond substituents is 1. The summed E-state index contributed by atoms with van der Waals surface area (Å²) in [5.41, 5.74) is 0.662. The Balaban J connectivity index is 0. The molecule has 1 aromatic heterocycles. The Kier molecular flexibility index (Phi) is 11.5. The number of hydrogen-bond acceptors (Lipinski definition) is 2. The Morgan fingerprint density at radius 1 is 1.06 bits per heavy atom. The van der Waals surface area contributed by atoms with Crippen molar-refractivity contribution < 1.29 is 5.11 Å². The Morgan fingerprint density at radius 2 is 1.59 bits per heavy atom. The average molecular weight is 235 g/mol. The van der Waals surface area contributed by atoms with Crippen LogP contribution in [0.2, 0.25) is 0 Å². The molecule has 1 N–H and O–H groups in total. The van der Waals surface area contributed by atoms with Crippen LogP contribution in [0.5, 0.6) is 5.75 Å². The van der Waals surface area contributed by atoms with Gasteiger partial charge in [-0.1, -0.05) is 59.7 Å². The van der Waals surface area contributed by atoms with E-state index >= 15 is 0 Å². The Bertz CT molecular complexity index is 394. The number of benzene rings is 1. The molecule has 1 aromatic carbocycles. The zero-order chi connectivity index (χ0) is 12.4. The fraction of sp³-hybridized carbons (Fsp3) is 0.400. The molecule has 2 aromatic rings. The summed E-state index contributed by atoms with van der Waals surface area (Å²) in [6.45, 7) is 8.25. The molecule has 0 fully saturated rings. The first-order chi connectivity index (χ1) is 7.79. The Morgan fingerprint density at radius 3 is 2.12 bits per heavy atom. The molecule has 0 unspecified atom stereocenters. The molecule has 0 amide bonds. The number of aromatic nitrogens is 1. The minimum atomic E-state index is 0. The van der Waals surface area contributed by atoms with E-state index in [4.69, 9.17) is 0 Å². The van der Waals surface area contributed by atoms with Gasteiger partial charge in [0.1, 0.15) is 11.3 Å². The summed E-state index contributed by atoms with van der Waals surface area (Å²) in [6, 6.07) is 9.13. The number of aromatic hydroxyl groups is 1. The van der Waals surface area contributed by atoms with E-state index in [0.717, 1.165) is 5.39 Å². The van der Waals surface area contributed by atoms with E-state index in [1.807, 2.05) is 32.0 Å². The zero-order valence-electron chi connectivity index (χ0n) is 10.6. The maximum Gasteiger partial charge on any atom is 0.141 e. The van der Waals surface area contributed by atoms with Gasteiger partial charge >= 0.3 is 0 Å². The van der Waals surface area contributed by atoms with Crippen LogP contribution in [0.15, 0.2) is 36.5 Å². The molecule has 0 saturated carbocycles. The third kappa shape index (κ3) is 5.91. The summed E-state index contributed by atoms with van der Waals surface area (Å²) in [5, 5.41) is 10.3. The van der Waals surface area contributed by atoms with Crippen LogP contribution in [0.1, 0.15) is 41.5 Å². The Hall–Kier alpha value is -1.57. The second kappa shape index (κ2) is 10.9. The predicted octanol–water partition coefficient (Wildman–Crippen LogP) is 5.02. The molecule has 0 spiro atoms. The van der Waals surface area contributed by atoms with Crippen molar-refractivity contribution in [1.29, 1.82) is 0 Å². The minimum absolute atomic E-state index is 0. The van der Waals surface area contributed by atoms with E-state index in [2.05, 4.69) is 18.8 Å². The summed E-state index contributed by atoms with van der Waals surface area (Å²) < 4.78 is 0. The molecule has 17 heavy (non-hydrogen) atoms. The van der Waals surface area contributed by atoms with Crippen LogP contribution in [0.3, 0.4) is 0 Å². The first-order valence-corrected chi connectivity index (χ1v) is 5.82. The van der Waals surface area contributed by atoms with Gasteiger partial charge in [-0.25, -0.2) is 0 Å². The first kappa shape index (κ1) is 17.8. The van der Waals surface area contributed by atoms with Crippen molar-refractivity contribution in [3.8, 4) is 5.75 Å². The number of rotatable bonds is 0. The quantitative estimate of drug-likeness (QED) is 0.695. The number of nitrogens with zero attached hydrogens (tertiary/aromatic N) is 1. The zero-order valence-corrected chi connectivity index (χ0v) is 10.6. The van der Waals surface area contributed by atoms with Gasteiger partial charge in [0.05, 0.1) is 0 Å². The lowest BCUT2D eigenvalue weighted by molar-refractivity contribution is 0.480. The average Bonchev–Trinajstić information content (AvgIpc) is 2.33. The fourth-order valence-electron chi connectivity index (χ4n) is 1.09. The van der Waals surface area contributed by atoms with Crippen molar-refractivity contribution in [3.05, 3.63) is 36.5 Å². The van der Waals surface area contributed by atoms with Crippen molar-refractivity contribution in [2.24, 2.45) is 0 Å². The maximum atomic E-state index is 9.31. The second-order valence-electron chi connectivity index (χ2n) is 3.06. The molecular weight excluding hydrogens is 210 g/mol. The van der Waals surface area contributed by atoms with Crippen molar-refractivity contribution in [1.82, 2.24) is 4.98 Å². The van der Waals surface area contributed by atoms with Crippen molar-refractivity contribution in [2.45, 2.75) is 41.5 Å². The van der Waals surface area contributed by atoms with Crippen molar-refractivity contribution in [2.75, 3.05) is 0 Å². The second-order valence-corrected chi connectivity index (χ2v) is 3.06. The smallest absolute Gasteiger partial charge is 0.141 e. The van der Waals surface area contributed by atoms with Gasteiger partial charge in [-0.15, -0.1) is 0 Å². The summed E-state index contributed by atoms with van der Waals surface area (Å²) in [5.74, 6) is 0.239. The van der Waals surface area contributed by atoms with Crippen LogP contribution in [0.4, 0.5) is 0 Å². The van der Waals surface area contributed by atoms with Gasteiger partial charge in [-0.3, -0.25) is 4.98 Å². The molecule has 0 saturated heterocycles. The van der Waals surface area contributed by atoms with E-state index in [1.165, 1.54) is 6.42 Å². The summed E-state index contributed by atoms with van der Waals surface area (Å²) in [7, 11) is 0. The maximum absolute atomic E-state index is 9.31. The molecule has 2 rings (SSSR count). The van der Waals surface area contributed by atoms with Gasteiger partial charge < -0.3 is 5.11 Å². The molecule has 2 nitrogen and oxygen atoms in total. The topological polar surface area (TPSA) is 33.1 Å². The number of pyridine rings is 1. The molecule has 0 aliphatic carbocycles. The van der Waals surface area contributed by atoms with E-state index in [0.29, 0.717) is 5.52 Å². The lowest BCUT2D eigenvalue weighted by Crippen LogP contribution is -1.76. The number of hydrogen-bond donors (Lipinski definition) is 1. The van der Waals surface area contributed by atoms with Gasteiger partial charge in [0.15, 0.2) is 0 Å². The predicted molar refractivity (Wildman–Crippen MR) is 77.5 cm³/mol. The van der Waals surface area contributed by atoms with Crippen LogP contribution >= 0.6 is 0 Å². The molecular formula is C15H25NO. The third-order valence-corrected chi connectivity index (χ3v) is 1.61.